The van der Waals surface area contributed by atoms with Crippen molar-refractivity contribution in [2.24, 2.45) is 0 Å². The maximum Gasteiger partial charge on any atom is 0.356 e. The second kappa shape index (κ2) is 7.19. The van der Waals surface area contributed by atoms with Crippen molar-refractivity contribution in [3.8, 4) is 11.5 Å². The van der Waals surface area contributed by atoms with E-state index in [1.807, 2.05) is 0 Å². The predicted molar refractivity (Wildman–Crippen MR) is 105 cm³/mol. The number of aromatic nitrogens is 1. The highest BCUT2D eigenvalue weighted by molar-refractivity contribution is 6.10. The Morgan fingerprint density at radius 2 is 1.21 bits per heavy atom. The van der Waals surface area contributed by atoms with E-state index in [2.05, 4.69) is 0 Å². The van der Waals surface area contributed by atoms with Gasteiger partial charge in [0.15, 0.2) is 11.3 Å². The lowest BCUT2D eigenvalue weighted by Crippen LogP contribution is -2.08. The molecule has 3 aromatic heterocycles. The van der Waals surface area contributed by atoms with Crippen molar-refractivity contribution < 1.29 is 36.8 Å². The molecule has 4 aromatic rings. The molecule has 33 heavy (non-hydrogen) atoms. The lowest BCUT2D eigenvalue weighted by Gasteiger charge is -2.05. The van der Waals surface area contributed by atoms with E-state index in [4.69, 9.17) is 27.2 Å². The van der Waals surface area contributed by atoms with E-state index < -0.39 is 62.8 Å². The fraction of sp³-hybridized carbons (Fsp3) is 0. The fourth-order valence-corrected chi connectivity index (χ4v) is 3.04. The van der Waals surface area contributed by atoms with Crippen LogP contribution in [0.1, 0.15) is 0 Å². The van der Waals surface area contributed by atoms with Gasteiger partial charge in [-0.1, -0.05) is 0 Å². The van der Waals surface area contributed by atoms with Crippen LogP contribution in [0.4, 0.5) is 0 Å². The normalized spacial score (nSPS) is 14.2. The van der Waals surface area contributed by atoms with Gasteiger partial charge < -0.3 is 27.2 Å². The Morgan fingerprint density at radius 3 is 1.91 bits per heavy atom. The smallest absolute Gasteiger partial charge is 0.356 e. The van der Waals surface area contributed by atoms with Crippen LogP contribution in [0.25, 0.3) is 27.8 Å². The van der Waals surface area contributed by atoms with Crippen LogP contribution in [-0.4, -0.2) is 16.5 Å². The van der Waals surface area contributed by atoms with Gasteiger partial charge in [0, 0.05) is 42.5 Å². The molecule has 0 saturated heterocycles. The summed E-state index contributed by atoms with van der Waals surface area (Å²) in [5.74, 6) is -3.22. The Bertz CT molecular complexity index is 1820. The topological polar surface area (TPSA) is 178 Å². The lowest BCUT2D eigenvalue weighted by molar-refractivity contribution is -0.131. The average molecular weight is 453 g/mol. The van der Waals surface area contributed by atoms with Gasteiger partial charge in [-0.25, -0.2) is 28.8 Å². The standard InChI is InChI=1S/C20H7NO12/c22-10-1-2-11(23)29-17-9(28-10)7-8-16-18(17)30-12(24)3-4-13(25)31-19(16)20-21(8)33-15(27)6-5-14(26)32-20/h1-7H/b2-1?,4-3+,6-5?. The molecule has 1 aliphatic heterocycles. The van der Waals surface area contributed by atoms with Crippen molar-refractivity contribution in [3.05, 3.63) is 84.2 Å². The van der Waals surface area contributed by atoms with Gasteiger partial charge >= 0.3 is 34.4 Å². The highest BCUT2D eigenvalue weighted by Crippen LogP contribution is 2.43. The number of hydrogen-bond donors (Lipinski definition) is 0. The van der Waals surface area contributed by atoms with E-state index >= 15 is 0 Å². The first-order valence-corrected chi connectivity index (χ1v) is 8.91. The summed E-state index contributed by atoms with van der Waals surface area (Å²) in [4.78, 5) is 72.7. The first-order valence-electron chi connectivity index (χ1n) is 8.91. The van der Waals surface area contributed by atoms with Crippen LogP contribution in [0.5, 0.6) is 11.5 Å². The van der Waals surface area contributed by atoms with E-state index in [0.29, 0.717) is 4.57 Å². The molecular formula is C20H7NO12. The first kappa shape index (κ1) is 19.7. The molecule has 0 bridgehead atoms. The Labute approximate surface area is 177 Å². The van der Waals surface area contributed by atoms with Crippen molar-refractivity contribution in [2.45, 2.75) is 0 Å². The third-order valence-corrected chi connectivity index (χ3v) is 4.27. The van der Waals surface area contributed by atoms with Crippen molar-refractivity contribution in [3.63, 3.8) is 0 Å². The number of hydrogen-bond acceptors (Lipinski definition) is 12. The minimum Gasteiger partial charge on any atom is -0.419 e. The van der Waals surface area contributed by atoms with Gasteiger partial charge in [-0.15, -0.1) is 4.57 Å². The molecule has 0 unspecified atom stereocenters. The van der Waals surface area contributed by atoms with Crippen LogP contribution in [0.2, 0.25) is 0 Å². The van der Waals surface area contributed by atoms with E-state index in [1.165, 1.54) is 0 Å². The van der Waals surface area contributed by atoms with Gasteiger partial charge in [0.05, 0.1) is 5.39 Å². The molecule has 0 radical (unpaired) electrons. The highest BCUT2D eigenvalue weighted by Gasteiger charge is 2.29. The molecule has 0 spiro atoms. The monoisotopic (exact) mass is 453 g/mol. The molecule has 4 heterocycles. The van der Waals surface area contributed by atoms with Gasteiger partial charge in [-0.05, 0) is 0 Å². The zero-order valence-corrected chi connectivity index (χ0v) is 15.9. The SMILES string of the molecule is O=C1/C=C/C(=O)Oc2c3c(c4oc(=O)ccc(=O)oc4cc3n3oc(=O)ccc(=O)oc23)O1. The van der Waals surface area contributed by atoms with E-state index in [9.17, 15) is 28.8 Å². The van der Waals surface area contributed by atoms with E-state index in [0.717, 1.165) is 42.5 Å². The quantitative estimate of drug-likeness (QED) is 0.267. The average Bonchev–Trinajstić information content (AvgIpc) is 3.03. The van der Waals surface area contributed by atoms with Gasteiger partial charge in [-0.3, -0.25) is 0 Å². The Kier molecular flexibility index (Phi) is 4.30. The number of benzene rings is 1. The number of carbonyl (C=O) groups is 2. The largest absolute Gasteiger partial charge is 0.419 e. The van der Waals surface area contributed by atoms with Crippen LogP contribution in [-0.2, 0) is 9.59 Å². The van der Waals surface area contributed by atoms with Crippen LogP contribution in [0.3, 0.4) is 0 Å². The second-order valence-corrected chi connectivity index (χ2v) is 6.37. The minimum atomic E-state index is -1.09. The molecule has 164 valence electrons. The minimum absolute atomic E-state index is 0.207. The molecule has 0 atom stereocenters. The van der Waals surface area contributed by atoms with Crippen LogP contribution in [0.15, 0.2) is 79.4 Å². The molecule has 5 rings (SSSR count). The first-order chi connectivity index (χ1) is 15.8. The number of carbonyl (C=O) groups excluding carboxylic acids is 2. The summed E-state index contributed by atoms with van der Waals surface area (Å²) >= 11 is 0. The number of ether oxygens (including phenoxy) is 2. The molecule has 0 amide bonds. The molecule has 0 N–H and O–H groups in total. The molecule has 0 aliphatic carbocycles. The summed E-state index contributed by atoms with van der Waals surface area (Å²) < 4.78 is 31.7. The highest BCUT2D eigenvalue weighted by atomic mass is 16.6. The van der Waals surface area contributed by atoms with Crippen molar-refractivity contribution >= 4 is 39.7 Å². The summed E-state index contributed by atoms with van der Waals surface area (Å²) in [6.07, 6.45) is 1.45. The Morgan fingerprint density at radius 1 is 0.636 bits per heavy atom. The number of esters is 2. The zero-order valence-electron chi connectivity index (χ0n) is 15.9. The maximum atomic E-state index is 12.3. The fourth-order valence-electron chi connectivity index (χ4n) is 3.04. The molecule has 13 nitrogen and oxygen atoms in total. The summed E-state index contributed by atoms with van der Waals surface area (Å²) in [7, 11) is 0. The van der Waals surface area contributed by atoms with Gasteiger partial charge in [0.2, 0.25) is 11.3 Å². The summed E-state index contributed by atoms with van der Waals surface area (Å²) in [5, 5.41) is -0.273. The molecule has 0 fully saturated rings. The van der Waals surface area contributed by atoms with Crippen molar-refractivity contribution in [1.82, 2.24) is 4.57 Å². The Hall–Kier alpha value is -5.20. The molecule has 1 aromatic carbocycles. The predicted octanol–water partition coefficient (Wildman–Crippen LogP) is 0.563. The molecule has 0 saturated carbocycles. The van der Waals surface area contributed by atoms with Crippen LogP contribution >= 0.6 is 0 Å². The molecule has 13 heteroatoms. The summed E-state index contributed by atoms with van der Waals surface area (Å²) in [6.45, 7) is 0. The maximum absolute atomic E-state index is 12.3. The molecule has 1 aliphatic rings. The second-order valence-electron chi connectivity index (χ2n) is 6.37. The van der Waals surface area contributed by atoms with Crippen molar-refractivity contribution in [2.75, 3.05) is 0 Å². The Balaban J connectivity index is 2.18. The van der Waals surface area contributed by atoms with Crippen molar-refractivity contribution in [1.29, 1.82) is 0 Å². The third kappa shape index (κ3) is 3.38. The lowest BCUT2D eigenvalue weighted by atomic mass is 10.2. The van der Waals surface area contributed by atoms with Gasteiger partial charge in [-0.2, -0.15) is 0 Å². The van der Waals surface area contributed by atoms with Gasteiger partial charge in [0.1, 0.15) is 5.52 Å². The van der Waals surface area contributed by atoms with Gasteiger partial charge in [0.25, 0.3) is 5.71 Å². The number of nitrogens with zero attached hydrogens (tertiary/aromatic N) is 1. The van der Waals surface area contributed by atoms with E-state index in [1.54, 1.807) is 0 Å². The third-order valence-electron chi connectivity index (χ3n) is 4.27. The summed E-state index contributed by atoms with van der Waals surface area (Å²) in [5.41, 5.74) is -5.79. The summed E-state index contributed by atoms with van der Waals surface area (Å²) in [6, 6.07) is 4.17. The number of rotatable bonds is 0. The zero-order chi connectivity index (χ0) is 23.3. The number of fused-ring (bicyclic) bond motifs is 5. The van der Waals surface area contributed by atoms with E-state index in [-0.39, 0.29) is 10.9 Å². The van der Waals surface area contributed by atoms with Crippen LogP contribution in [0, 0.1) is 0 Å². The molecular weight excluding hydrogens is 446 g/mol. The van der Waals surface area contributed by atoms with Crippen LogP contribution < -0.4 is 32.0 Å².